The molecule has 1 fully saturated rings. The number of hydrogen-bond acceptors (Lipinski definition) is 4. The third-order valence-corrected chi connectivity index (χ3v) is 4.84. The van der Waals surface area contributed by atoms with Gasteiger partial charge in [-0.15, -0.1) is 11.3 Å². The van der Waals surface area contributed by atoms with Crippen molar-refractivity contribution in [3.63, 3.8) is 0 Å². The predicted octanol–water partition coefficient (Wildman–Crippen LogP) is 3.12. The molecule has 0 unspecified atom stereocenters. The summed E-state index contributed by atoms with van der Waals surface area (Å²) in [4.78, 5) is 7.06. The van der Waals surface area contributed by atoms with E-state index in [9.17, 15) is 0 Å². The molecule has 1 N–H and O–H groups in total. The van der Waals surface area contributed by atoms with Crippen molar-refractivity contribution in [1.82, 2.24) is 10.3 Å². The quantitative estimate of drug-likeness (QED) is 0.929. The molecular formula is C15H21N3S. The van der Waals surface area contributed by atoms with Gasteiger partial charge in [-0.3, -0.25) is 0 Å². The summed E-state index contributed by atoms with van der Waals surface area (Å²) in [5.74, 6) is 2.01. The number of aromatic nitrogens is 1. The monoisotopic (exact) mass is 275 g/mol. The molecule has 0 atom stereocenters. The minimum Gasteiger partial charge on any atom is -0.356 e. The van der Waals surface area contributed by atoms with Crippen LogP contribution in [0.25, 0.3) is 10.1 Å². The van der Waals surface area contributed by atoms with Crippen LogP contribution in [0, 0.1) is 5.92 Å². The van der Waals surface area contributed by atoms with Gasteiger partial charge in [0.15, 0.2) is 0 Å². The molecule has 3 nitrogen and oxygen atoms in total. The molecule has 0 saturated carbocycles. The maximum absolute atomic E-state index is 4.61. The van der Waals surface area contributed by atoms with Gasteiger partial charge in [0.2, 0.25) is 0 Å². The van der Waals surface area contributed by atoms with E-state index < -0.39 is 0 Å². The molecule has 3 rings (SSSR count). The summed E-state index contributed by atoms with van der Waals surface area (Å²) in [6.45, 7) is 6.70. The Morgan fingerprint density at radius 2 is 2.21 bits per heavy atom. The lowest BCUT2D eigenvalue weighted by molar-refractivity contribution is 0.386. The summed E-state index contributed by atoms with van der Waals surface area (Å²) in [6.07, 6.45) is 4.49. The third-order valence-electron chi connectivity index (χ3n) is 3.96. The summed E-state index contributed by atoms with van der Waals surface area (Å²) >= 11 is 1.80. The van der Waals surface area contributed by atoms with E-state index in [1.54, 1.807) is 11.3 Å². The summed E-state index contributed by atoms with van der Waals surface area (Å²) in [5, 5.41) is 6.94. The first kappa shape index (κ1) is 12.9. The second kappa shape index (κ2) is 5.88. The van der Waals surface area contributed by atoms with E-state index in [1.165, 1.54) is 35.3 Å². The average molecular weight is 275 g/mol. The van der Waals surface area contributed by atoms with Gasteiger partial charge >= 0.3 is 0 Å². The number of hydrogen-bond donors (Lipinski definition) is 1. The van der Waals surface area contributed by atoms with Crippen molar-refractivity contribution in [2.75, 3.05) is 31.1 Å². The lowest BCUT2D eigenvalue weighted by Crippen LogP contribution is -2.37. The van der Waals surface area contributed by atoms with Crippen LogP contribution in [0.4, 0.5) is 5.82 Å². The van der Waals surface area contributed by atoms with Crippen LogP contribution in [0.3, 0.4) is 0 Å². The fraction of sp³-hybridized carbons (Fsp3) is 0.533. The fourth-order valence-electron chi connectivity index (χ4n) is 2.83. The zero-order chi connectivity index (χ0) is 13.1. The highest BCUT2D eigenvalue weighted by molar-refractivity contribution is 7.17. The summed E-state index contributed by atoms with van der Waals surface area (Å²) in [6, 6.07) is 4.31. The van der Waals surface area contributed by atoms with Crippen LogP contribution in [-0.4, -0.2) is 31.2 Å². The van der Waals surface area contributed by atoms with E-state index in [2.05, 4.69) is 39.6 Å². The van der Waals surface area contributed by atoms with Crippen molar-refractivity contribution < 1.29 is 0 Å². The van der Waals surface area contributed by atoms with Crippen molar-refractivity contribution >= 4 is 27.2 Å². The van der Waals surface area contributed by atoms with Gasteiger partial charge in [0.1, 0.15) is 5.82 Å². The summed E-state index contributed by atoms with van der Waals surface area (Å²) in [7, 11) is 0. The zero-order valence-electron chi connectivity index (χ0n) is 11.4. The minimum atomic E-state index is 0.831. The van der Waals surface area contributed by atoms with Crippen LogP contribution < -0.4 is 10.2 Å². The highest BCUT2D eigenvalue weighted by Gasteiger charge is 2.21. The topological polar surface area (TPSA) is 28.2 Å². The molecule has 2 aromatic rings. The van der Waals surface area contributed by atoms with E-state index in [4.69, 9.17) is 0 Å². The molecule has 0 amide bonds. The smallest absolute Gasteiger partial charge is 0.137 e. The summed E-state index contributed by atoms with van der Waals surface area (Å²) in [5.41, 5.74) is 0. The highest BCUT2D eigenvalue weighted by atomic mass is 32.1. The van der Waals surface area contributed by atoms with Crippen LogP contribution in [0.15, 0.2) is 23.7 Å². The number of pyridine rings is 1. The van der Waals surface area contributed by atoms with Crippen molar-refractivity contribution in [3.05, 3.63) is 23.7 Å². The van der Waals surface area contributed by atoms with Crippen molar-refractivity contribution in [2.45, 2.75) is 19.8 Å². The molecule has 0 aliphatic carbocycles. The molecule has 1 saturated heterocycles. The number of anilines is 1. The van der Waals surface area contributed by atoms with Crippen molar-refractivity contribution in [3.8, 4) is 0 Å². The molecule has 1 aliphatic rings. The molecule has 0 spiro atoms. The van der Waals surface area contributed by atoms with Gasteiger partial charge in [0.25, 0.3) is 0 Å². The maximum Gasteiger partial charge on any atom is 0.137 e. The van der Waals surface area contributed by atoms with Crippen LogP contribution in [0.1, 0.15) is 19.8 Å². The van der Waals surface area contributed by atoms with Gasteiger partial charge in [0.05, 0.1) is 0 Å². The molecule has 19 heavy (non-hydrogen) atoms. The zero-order valence-corrected chi connectivity index (χ0v) is 12.2. The molecular weight excluding hydrogens is 254 g/mol. The number of nitrogens with zero attached hydrogens (tertiary/aromatic N) is 2. The van der Waals surface area contributed by atoms with E-state index in [0.29, 0.717) is 0 Å². The molecule has 3 heterocycles. The first-order valence-electron chi connectivity index (χ1n) is 7.16. The summed E-state index contributed by atoms with van der Waals surface area (Å²) < 4.78 is 1.35. The molecule has 0 bridgehead atoms. The van der Waals surface area contributed by atoms with E-state index in [1.807, 2.05) is 6.20 Å². The Kier molecular flexibility index (Phi) is 3.99. The van der Waals surface area contributed by atoms with Crippen molar-refractivity contribution in [2.24, 2.45) is 5.92 Å². The van der Waals surface area contributed by atoms with Crippen LogP contribution in [0.5, 0.6) is 0 Å². The standard InChI is InChI=1S/C15H21N3S/c1-2-16-11-12-4-8-18(9-5-12)15-13-6-10-19-14(13)3-7-17-15/h3,6-7,10,12,16H,2,4-5,8-9,11H2,1H3. The Balaban J connectivity index is 1.69. The first-order chi connectivity index (χ1) is 9.38. The van der Waals surface area contributed by atoms with Gasteiger partial charge in [-0.25, -0.2) is 4.98 Å². The Labute approximate surface area is 118 Å². The van der Waals surface area contributed by atoms with Crippen molar-refractivity contribution in [1.29, 1.82) is 0 Å². The van der Waals surface area contributed by atoms with Gasteiger partial charge in [-0.1, -0.05) is 6.92 Å². The van der Waals surface area contributed by atoms with Crippen LogP contribution >= 0.6 is 11.3 Å². The van der Waals surface area contributed by atoms with Gasteiger partial charge in [-0.05, 0) is 49.4 Å². The molecule has 4 heteroatoms. The van der Waals surface area contributed by atoms with E-state index in [-0.39, 0.29) is 0 Å². The second-order valence-electron chi connectivity index (χ2n) is 5.21. The molecule has 1 aliphatic heterocycles. The molecule has 0 radical (unpaired) electrons. The molecule has 102 valence electrons. The Hall–Kier alpha value is -1.13. The average Bonchev–Trinajstić information content (AvgIpc) is 2.94. The SMILES string of the molecule is CCNCC1CCN(c2nccc3sccc23)CC1. The lowest BCUT2D eigenvalue weighted by atomic mass is 9.96. The van der Waals surface area contributed by atoms with Gasteiger partial charge in [0, 0.05) is 29.4 Å². The number of nitrogens with one attached hydrogen (secondary N) is 1. The lowest BCUT2D eigenvalue weighted by Gasteiger charge is -2.33. The largest absolute Gasteiger partial charge is 0.356 e. The molecule has 2 aromatic heterocycles. The van der Waals surface area contributed by atoms with E-state index >= 15 is 0 Å². The maximum atomic E-state index is 4.61. The molecule has 0 aromatic carbocycles. The predicted molar refractivity (Wildman–Crippen MR) is 83.1 cm³/mol. The van der Waals surface area contributed by atoms with Gasteiger partial charge in [-0.2, -0.15) is 0 Å². The number of thiophene rings is 1. The van der Waals surface area contributed by atoms with Gasteiger partial charge < -0.3 is 10.2 Å². The number of fused-ring (bicyclic) bond motifs is 1. The van der Waals surface area contributed by atoms with Crippen LogP contribution in [0.2, 0.25) is 0 Å². The number of piperidine rings is 1. The Bertz CT molecular complexity index is 529. The number of rotatable bonds is 4. The second-order valence-corrected chi connectivity index (χ2v) is 6.15. The van der Waals surface area contributed by atoms with Crippen LogP contribution in [-0.2, 0) is 0 Å². The Morgan fingerprint density at radius 1 is 1.37 bits per heavy atom. The normalized spacial score (nSPS) is 17.2. The fourth-order valence-corrected chi connectivity index (χ4v) is 3.61. The Morgan fingerprint density at radius 3 is 3.00 bits per heavy atom. The third kappa shape index (κ3) is 2.74. The van der Waals surface area contributed by atoms with E-state index in [0.717, 1.165) is 25.6 Å². The first-order valence-corrected chi connectivity index (χ1v) is 8.04. The highest BCUT2D eigenvalue weighted by Crippen LogP contribution is 2.30. The minimum absolute atomic E-state index is 0.831.